The standard InChI is InChI=1S/C15H28O3/c1-14(2,3)13(17)12(16)11-6-9-18-15(10-11)7-4-5-8-15/h11-13,16-17H,4-10H2,1-3H3. The third-order valence-electron chi connectivity index (χ3n) is 4.74. The van der Waals surface area contributed by atoms with Crippen LogP contribution in [0.1, 0.15) is 59.3 Å². The van der Waals surface area contributed by atoms with Gasteiger partial charge < -0.3 is 14.9 Å². The summed E-state index contributed by atoms with van der Waals surface area (Å²) >= 11 is 0. The lowest BCUT2D eigenvalue weighted by Crippen LogP contribution is -2.48. The lowest BCUT2D eigenvalue weighted by Gasteiger charge is -2.42. The van der Waals surface area contributed by atoms with Gasteiger partial charge in [0.1, 0.15) is 0 Å². The zero-order chi connectivity index (χ0) is 13.4. The molecule has 0 amide bonds. The van der Waals surface area contributed by atoms with E-state index < -0.39 is 12.2 Å². The second-order valence-corrected chi connectivity index (χ2v) is 7.29. The molecule has 1 aliphatic heterocycles. The first-order chi connectivity index (χ1) is 8.34. The molecule has 1 spiro atoms. The quantitative estimate of drug-likeness (QED) is 0.798. The van der Waals surface area contributed by atoms with Gasteiger partial charge in [-0.3, -0.25) is 0 Å². The van der Waals surface area contributed by atoms with Gasteiger partial charge in [-0.1, -0.05) is 33.6 Å². The molecule has 3 nitrogen and oxygen atoms in total. The molecular weight excluding hydrogens is 228 g/mol. The summed E-state index contributed by atoms with van der Waals surface area (Å²) < 4.78 is 5.98. The minimum Gasteiger partial charge on any atom is -0.390 e. The molecule has 0 aromatic carbocycles. The number of rotatable bonds is 2. The fraction of sp³-hybridized carbons (Fsp3) is 1.00. The van der Waals surface area contributed by atoms with Crippen molar-refractivity contribution in [1.29, 1.82) is 0 Å². The van der Waals surface area contributed by atoms with E-state index >= 15 is 0 Å². The molecule has 2 rings (SSSR count). The summed E-state index contributed by atoms with van der Waals surface area (Å²) in [5.74, 6) is 0.186. The third kappa shape index (κ3) is 2.89. The van der Waals surface area contributed by atoms with Gasteiger partial charge in [0, 0.05) is 6.61 Å². The molecule has 3 atom stereocenters. The van der Waals surface area contributed by atoms with Gasteiger partial charge in [0.2, 0.25) is 0 Å². The minimum atomic E-state index is -0.654. The molecule has 1 aliphatic carbocycles. The Morgan fingerprint density at radius 2 is 1.78 bits per heavy atom. The highest BCUT2D eigenvalue weighted by atomic mass is 16.5. The van der Waals surface area contributed by atoms with Gasteiger partial charge in [-0.15, -0.1) is 0 Å². The van der Waals surface area contributed by atoms with Crippen LogP contribution in [0.25, 0.3) is 0 Å². The summed E-state index contributed by atoms with van der Waals surface area (Å²) in [6, 6.07) is 0. The van der Waals surface area contributed by atoms with Crippen molar-refractivity contribution in [3.05, 3.63) is 0 Å². The summed E-state index contributed by atoms with van der Waals surface area (Å²) in [6.07, 6.45) is 5.25. The average Bonchev–Trinajstić information content (AvgIpc) is 2.74. The van der Waals surface area contributed by atoms with Crippen molar-refractivity contribution in [2.24, 2.45) is 11.3 Å². The van der Waals surface area contributed by atoms with Gasteiger partial charge in [0.05, 0.1) is 17.8 Å². The van der Waals surface area contributed by atoms with Crippen molar-refractivity contribution in [1.82, 2.24) is 0 Å². The number of hydrogen-bond acceptors (Lipinski definition) is 3. The Labute approximate surface area is 111 Å². The predicted molar refractivity (Wildman–Crippen MR) is 71.3 cm³/mol. The Balaban J connectivity index is 2.00. The van der Waals surface area contributed by atoms with Gasteiger partial charge in [-0.2, -0.15) is 0 Å². The van der Waals surface area contributed by atoms with Crippen molar-refractivity contribution < 1.29 is 14.9 Å². The van der Waals surface area contributed by atoms with E-state index in [0.717, 1.165) is 32.3 Å². The van der Waals surface area contributed by atoms with E-state index in [4.69, 9.17) is 4.74 Å². The first kappa shape index (κ1) is 14.3. The maximum Gasteiger partial charge on any atom is 0.0849 e. The summed E-state index contributed by atoms with van der Waals surface area (Å²) in [5, 5.41) is 20.7. The van der Waals surface area contributed by atoms with E-state index in [0.29, 0.717) is 0 Å². The van der Waals surface area contributed by atoms with Gasteiger partial charge in [-0.05, 0) is 37.0 Å². The molecule has 3 unspecified atom stereocenters. The number of aliphatic hydroxyl groups excluding tert-OH is 2. The van der Waals surface area contributed by atoms with E-state index in [1.54, 1.807) is 0 Å². The first-order valence-corrected chi connectivity index (χ1v) is 7.34. The normalized spacial score (nSPS) is 31.5. The molecule has 0 bridgehead atoms. The molecule has 3 heteroatoms. The van der Waals surface area contributed by atoms with Crippen LogP contribution in [0.3, 0.4) is 0 Å². The van der Waals surface area contributed by atoms with E-state index in [-0.39, 0.29) is 16.9 Å². The zero-order valence-electron chi connectivity index (χ0n) is 12.0. The van der Waals surface area contributed by atoms with Crippen LogP contribution in [0.4, 0.5) is 0 Å². The van der Waals surface area contributed by atoms with Gasteiger partial charge in [-0.25, -0.2) is 0 Å². The molecule has 1 heterocycles. The molecule has 2 N–H and O–H groups in total. The number of ether oxygens (including phenoxy) is 1. The van der Waals surface area contributed by atoms with E-state index in [1.165, 1.54) is 12.8 Å². The molecule has 18 heavy (non-hydrogen) atoms. The van der Waals surface area contributed by atoms with E-state index in [9.17, 15) is 10.2 Å². The first-order valence-electron chi connectivity index (χ1n) is 7.34. The predicted octanol–water partition coefficient (Wildman–Crippen LogP) is 2.49. The van der Waals surface area contributed by atoms with Gasteiger partial charge in [0.15, 0.2) is 0 Å². The summed E-state index contributed by atoms with van der Waals surface area (Å²) in [7, 11) is 0. The van der Waals surface area contributed by atoms with Crippen LogP contribution in [-0.2, 0) is 4.74 Å². The summed E-state index contributed by atoms with van der Waals surface area (Å²) in [5.41, 5.74) is -0.248. The average molecular weight is 256 g/mol. The fourth-order valence-corrected chi connectivity index (χ4v) is 3.50. The Morgan fingerprint density at radius 1 is 1.17 bits per heavy atom. The van der Waals surface area contributed by atoms with Crippen LogP contribution in [0.2, 0.25) is 0 Å². The maximum atomic E-state index is 10.4. The largest absolute Gasteiger partial charge is 0.390 e. The SMILES string of the molecule is CC(C)(C)C(O)C(O)C1CCOC2(CCCC2)C1. The molecule has 2 fully saturated rings. The van der Waals surface area contributed by atoms with E-state index in [1.807, 2.05) is 20.8 Å². The molecule has 1 saturated carbocycles. The molecule has 2 aliphatic rings. The van der Waals surface area contributed by atoms with Gasteiger partial charge in [0.25, 0.3) is 0 Å². The topological polar surface area (TPSA) is 49.7 Å². The zero-order valence-corrected chi connectivity index (χ0v) is 12.0. The van der Waals surface area contributed by atoms with Crippen LogP contribution >= 0.6 is 0 Å². The Morgan fingerprint density at radius 3 is 2.33 bits per heavy atom. The summed E-state index contributed by atoms with van der Waals surface area (Å²) in [4.78, 5) is 0. The highest BCUT2D eigenvalue weighted by Gasteiger charge is 2.44. The Bertz CT molecular complexity index is 276. The molecular formula is C15H28O3. The molecule has 0 aromatic rings. The number of hydrogen-bond donors (Lipinski definition) is 2. The smallest absolute Gasteiger partial charge is 0.0849 e. The Hall–Kier alpha value is -0.120. The monoisotopic (exact) mass is 256 g/mol. The highest BCUT2D eigenvalue weighted by Crippen LogP contribution is 2.44. The molecule has 0 aromatic heterocycles. The van der Waals surface area contributed by atoms with Crippen LogP contribution in [0.5, 0.6) is 0 Å². The van der Waals surface area contributed by atoms with Crippen molar-refractivity contribution in [2.75, 3.05) is 6.61 Å². The molecule has 0 radical (unpaired) electrons. The second-order valence-electron chi connectivity index (χ2n) is 7.29. The summed E-state index contributed by atoms with van der Waals surface area (Å²) in [6.45, 7) is 6.67. The third-order valence-corrected chi connectivity index (χ3v) is 4.74. The number of aliphatic hydroxyl groups is 2. The van der Waals surface area contributed by atoms with Crippen LogP contribution in [0.15, 0.2) is 0 Å². The van der Waals surface area contributed by atoms with Crippen molar-refractivity contribution in [2.45, 2.75) is 77.1 Å². The highest BCUT2D eigenvalue weighted by molar-refractivity contribution is 4.95. The van der Waals surface area contributed by atoms with Crippen molar-refractivity contribution in [3.8, 4) is 0 Å². The van der Waals surface area contributed by atoms with Crippen LogP contribution in [0, 0.1) is 11.3 Å². The van der Waals surface area contributed by atoms with Crippen molar-refractivity contribution >= 4 is 0 Å². The van der Waals surface area contributed by atoms with Gasteiger partial charge >= 0.3 is 0 Å². The lowest BCUT2D eigenvalue weighted by atomic mass is 9.75. The van der Waals surface area contributed by atoms with Crippen LogP contribution < -0.4 is 0 Å². The van der Waals surface area contributed by atoms with E-state index in [2.05, 4.69) is 0 Å². The Kier molecular flexibility index (Phi) is 4.05. The van der Waals surface area contributed by atoms with Crippen LogP contribution in [-0.4, -0.2) is 34.6 Å². The lowest BCUT2D eigenvalue weighted by molar-refractivity contribution is -0.141. The minimum absolute atomic E-state index is 0.0154. The molecule has 1 saturated heterocycles. The van der Waals surface area contributed by atoms with Crippen molar-refractivity contribution in [3.63, 3.8) is 0 Å². The second kappa shape index (κ2) is 5.10. The fourth-order valence-electron chi connectivity index (χ4n) is 3.50. The maximum absolute atomic E-state index is 10.4. The molecule has 106 valence electrons.